The first-order valence-electron chi connectivity index (χ1n) is 8.39. The number of carbonyl (C=O) groups excluding carboxylic acids is 1. The molecule has 0 spiro atoms. The molecule has 2 aliphatic carbocycles. The molecule has 2 N–H and O–H groups in total. The summed E-state index contributed by atoms with van der Waals surface area (Å²) in [5.74, 6) is -0.224. The lowest BCUT2D eigenvalue weighted by Gasteiger charge is -2.23. The van der Waals surface area contributed by atoms with E-state index in [1.807, 2.05) is 0 Å². The summed E-state index contributed by atoms with van der Waals surface area (Å²) in [5, 5.41) is 13.1. The number of nitrogens with one attached hydrogen (secondary N) is 1. The van der Waals surface area contributed by atoms with E-state index in [-0.39, 0.29) is 12.3 Å². The summed E-state index contributed by atoms with van der Waals surface area (Å²) in [7, 11) is 0. The smallest absolute Gasteiger partial charge is 0.389 e. The van der Waals surface area contributed by atoms with Gasteiger partial charge in [-0.25, -0.2) is 0 Å². The summed E-state index contributed by atoms with van der Waals surface area (Å²) >= 11 is 0. The second-order valence-electron chi connectivity index (χ2n) is 7.24. The molecule has 0 radical (unpaired) electrons. The molecule has 0 aliphatic heterocycles. The van der Waals surface area contributed by atoms with Crippen LogP contribution in [0.5, 0.6) is 0 Å². The first-order chi connectivity index (χ1) is 11.2. The van der Waals surface area contributed by atoms with E-state index in [1.54, 1.807) is 6.07 Å². The summed E-state index contributed by atoms with van der Waals surface area (Å²) in [6.45, 7) is 0.323. The van der Waals surface area contributed by atoms with Gasteiger partial charge in [-0.05, 0) is 37.3 Å². The van der Waals surface area contributed by atoms with Gasteiger partial charge in [0.1, 0.15) is 0 Å². The fraction of sp³-hybridized carbons (Fsp3) is 0.611. The Morgan fingerprint density at radius 3 is 2.42 bits per heavy atom. The van der Waals surface area contributed by atoms with E-state index in [0.717, 1.165) is 31.7 Å². The van der Waals surface area contributed by atoms with Gasteiger partial charge in [0.25, 0.3) is 0 Å². The van der Waals surface area contributed by atoms with Crippen molar-refractivity contribution in [2.75, 3.05) is 6.54 Å². The number of hydrogen-bond acceptors (Lipinski definition) is 2. The average Bonchev–Trinajstić information content (AvgIpc) is 3.20. The normalized spacial score (nSPS) is 21.5. The third kappa shape index (κ3) is 3.74. The van der Waals surface area contributed by atoms with Gasteiger partial charge < -0.3 is 10.4 Å². The number of carbonyl (C=O) groups is 1. The van der Waals surface area contributed by atoms with Crippen molar-refractivity contribution < 1.29 is 23.1 Å². The Hall–Kier alpha value is -1.56. The van der Waals surface area contributed by atoms with Crippen LogP contribution in [0, 0.1) is 0 Å². The van der Waals surface area contributed by atoms with Gasteiger partial charge in [-0.15, -0.1) is 0 Å². The molecule has 0 saturated heterocycles. The van der Waals surface area contributed by atoms with E-state index >= 15 is 0 Å². The lowest BCUT2D eigenvalue weighted by molar-refractivity contribution is -0.137. The van der Waals surface area contributed by atoms with Gasteiger partial charge in [-0.2, -0.15) is 13.2 Å². The minimum Gasteiger partial charge on any atom is -0.389 e. The number of halogens is 3. The molecule has 3 nitrogen and oxygen atoms in total. The molecule has 0 atom stereocenters. The highest BCUT2D eigenvalue weighted by Gasteiger charge is 2.45. The van der Waals surface area contributed by atoms with Crippen LogP contribution in [0.15, 0.2) is 24.3 Å². The van der Waals surface area contributed by atoms with Gasteiger partial charge in [-0.1, -0.05) is 31.0 Å². The molecule has 0 aromatic heterocycles. The van der Waals surface area contributed by atoms with Gasteiger partial charge in [0, 0.05) is 12.0 Å². The standard InChI is InChI=1S/C18H22F3NO2/c19-18(20,21)14-5-3-4-13(10-14)16(8-9-16)12-22-15(23)11-17(24)6-1-2-7-17/h3-5,10,24H,1-2,6-9,11-12H2,(H,22,23). The molecule has 1 aromatic carbocycles. The van der Waals surface area contributed by atoms with E-state index in [4.69, 9.17) is 0 Å². The molecule has 132 valence electrons. The van der Waals surface area contributed by atoms with E-state index in [0.29, 0.717) is 24.9 Å². The molecular weight excluding hydrogens is 319 g/mol. The van der Waals surface area contributed by atoms with Crippen LogP contribution in [0.25, 0.3) is 0 Å². The topological polar surface area (TPSA) is 49.3 Å². The van der Waals surface area contributed by atoms with E-state index in [2.05, 4.69) is 5.32 Å². The van der Waals surface area contributed by atoms with Gasteiger partial charge in [0.2, 0.25) is 5.91 Å². The fourth-order valence-corrected chi connectivity index (χ4v) is 3.58. The maximum absolute atomic E-state index is 12.9. The number of hydrogen-bond donors (Lipinski definition) is 2. The lowest BCUT2D eigenvalue weighted by Crippen LogP contribution is -2.38. The van der Waals surface area contributed by atoms with Crippen LogP contribution in [0.4, 0.5) is 13.2 Å². The van der Waals surface area contributed by atoms with Crippen molar-refractivity contribution in [3.05, 3.63) is 35.4 Å². The van der Waals surface area contributed by atoms with E-state index < -0.39 is 22.8 Å². The third-order valence-corrected chi connectivity index (χ3v) is 5.30. The Morgan fingerprint density at radius 2 is 1.83 bits per heavy atom. The van der Waals surface area contributed by atoms with Crippen LogP contribution >= 0.6 is 0 Å². The van der Waals surface area contributed by atoms with Crippen molar-refractivity contribution in [1.29, 1.82) is 0 Å². The molecule has 2 aliphatic rings. The van der Waals surface area contributed by atoms with Crippen LogP contribution in [-0.2, 0) is 16.4 Å². The average molecular weight is 341 g/mol. The minimum absolute atomic E-state index is 0.0751. The predicted octanol–water partition coefficient (Wildman–Crippen LogP) is 3.55. The second-order valence-corrected chi connectivity index (χ2v) is 7.24. The lowest BCUT2D eigenvalue weighted by atomic mass is 9.93. The summed E-state index contributed by atoms with van der Waals surface area (Å²) in [5.41, 5.74) is -1.33. The van der Waals surface area contributed by atoms with Crippen molar-refractivity contribution >= 4 is 5.91 Å². The van der Waals surface area contributed by atoms with E-state index in [1.165, 1.54) is 12.1 Å². The number of rotatable bonds is 5. The Bertz CT molecular complexity index is 617. The van der Waals surface area contributed by atoms with Gasteiger partial charge >= 0.3 is 6.18 Å². The molecule has 1 amide bonds. The molecule has 3 rings (SSSR count). The Balaban J connectivity index is 1.62. The molecule has 0 unspecified atom stereocenters. The van der Waals surface area contributed by atoms with Crippen molar-refractivity contribution in [2.45, 2.75) is 62.1 Å². The number of aliphatic hydroxyl groups is 1. The largest absolute Gasteiger partial charge is 0.416 e. The molecule has 0 heterocycles. The number of alkyl halides is 3. The zero-order valence-electron chi connectivity index (χ0n) is 13.5. The Labute approximate surface area is 139 Å². The summed E-state index contributed by atoms with van der Waals surface area (Å²) in [4.78, 5) is 12.1. The summed E-state index contributed by atoms with van der Waals surface area (Å²) < 4.78 is 38.6. The van der Waals surface area contributed by atoms with Crippen LogP contribution < -0.4 is 5.32 Å². The maximum Gasteiger partial charge on any atom is 0.416 e. The minimum atomic E-state index is -4.36. The van der Waals surface area contributed by atoms with E-state index in [9.17, 15) is 23.1 Å². The van der Waals surface area contributed by atoms with Crippen molar-refractivity contribution in [3.8, 4) is 0 Å². The van der Waals surface area contributed by atoms with Gasteiger partial charge in [0.05, 0.1) is 17.6 Å². The zero-order chi connectivity index (χ0) is 17.4. The van der Waals surface area contributed by atoms with Gasteiger partial charge in [0.15, 0.2) is 0 Å². The molecule has 2 saturated carbocycles. The Kier molecular flexibility index (Phi) is 4.36. The first kappa shape index (κ1) is 17.3. The van der Waals surface area contributed by atoms with Crippen LogP contribution in [-0.4, -0.2) is 23.2 Å². The number of benzene rings is 1. The Morgan fingerprint density at radius 1 is 1.17 bits per heavy atom. The molecule has 1 aromatic rings. The quantitative estimate of drug-likeness (QED) is 0.860. The van der Waals surface area contributed by atoms with Crippen LogP contribution in [0.2, 0.25) is 0 Å². The molecule has 6 heteroatoms. The van der Waals surface area contributed by atoms with Crippen molar-refractivity contribution in [1.82, 2.24) is 5.32 Å². The molecular formula is C18H22F3NO2. The highest BCUT2D eigenvalue weighted by molar-refractivity contribution is 5.77. The summed E-state index contributed by atoms with van der Waals surface area (Å²) in [6.07, 6.45) is 0.374. The number of amides is 1. The first-order valence-corrected chi connectivity index (χ1v) is 8.39. The third-order valence-electron chi connectivity index (χ3n) is 5.30. The monoisotopic (exact) mass is 341 g/mol. The molecule has 24 heavy (non-hydrogen) atoms. The molecule has 0 bridgehead atoms. The highest BCUT2D eigenvalue weighted by Crippen LogP contribution is 2.48. The van der Waals surface area contributed by atoms with Gasteiger partial charge in [-0.3, -0.25) is 4.79 Å². The zero-order valence-corrected chi connectivity index (χ0v) is 13.5. The van der Waals surface area contributed by atoms with Crippen molar-refractivity contribution in [2.24, 2.45) is 0 Å². The van der Waals surface area contributed by atoms with Crippen LogP contribution in [0.3, 0.4) is 0 Å². The van der Waals surface area contributed by atoms with Crippen molar-refractivity contribution in [3.63, 3.8) is 0 Å². The predicted molar refractivity (Wildman–Crippen MR) is 83.4 cm³/mol. The SMILES string of the molecule is O=C(CC1(O)CCCC1)NCC1(c2cccc(C(F)(F)F)c2)CC1. The second kappa shape index (κ2) is 6.06. The summed E-state index contributed by atoms with van der Waals surface area (Å²) in [6, 6.07) is 5.36. The van der Waals surface area contributed by atoms with Crippen LogP contribution in [0.1, 0.15) is 56.1 Å². The fourth-order valence-electron chi connectivity index (χ4n) is 3.58. The highest BCUT2D eigenvalue weighted by atomic mass is 19.4. The molecule has 2 fully saturated rings. The maximum atomic E-state index is 12.9.